The third-order valence-corrected chi connectivity index (χ3v) is 7.24. The number of halogens is 3. The second-order valence-corrected chi connectivity index (χ2v) is 11.8. The van der Waals surface area contributed by atoms with Crippen LogP contribution in [-0.2, 0) is 26.2 Å². The summed E-state index contributed by atoms with van der Waals surface area (Å²) in [5, 5.41) is 3.80. The summed E-state index contributed by atoms with van der Waals surface area (Å²) >= 11 is 18.4. The molecule has 0 heterocycles. The van der Waals surface area contributed by atoms with Crippen molar-refractivity contribution in [2.24, 2.45) is 5.92 Å². The maximum Gasteiger partial charge on any atom is 0.244 e. The van der Waals surface area contributed by atoms with Crippen molar-refractivity contribution < 1.29 is 22.7 Å². The molecule has 8 nitrogen and oxygen atoms in total. The van der Waals surface area contributed by atoms with Gasteiger partial charge in [-0.1, -0.05) is 54.7 Å². The number of ether oxygens (including phenoxy) is 1. The van der Waals surface area contributed by atoms with Crippen LogP contribution in [0.4, 0.5) is 5.69 Å². The molecule has 0 aromatic heterocycles. The molecular formula is C24H30Cl3N3O5S. The Morgan fingerprint density at radius 1 is 1.03 bits per heavy atom. The highest BCUT2D eigenvalue weighted by atomic mass is 35.5. The lowest BCUT2D eigenvalue weighted by Gasteiger charge is -2.32. The van der Waals surface area contributed by atoms with Crippen molar-refractivity contribution in [3.8, 4) is 5.75 Å². The van der Waals surface area contributed by atoms with Gasteiger partial charge in [0.2, 0.25) is 21.8 Å². The Morgan fingerprint density at radius 2 is 1.64 bits per heavy atom. The summed E-state index contributed by atoms with van der Waals surface area (Å²) in [5.74, 6) is -0.589. The molecular weight excluding hydrogens is 549 g/mol. The number of hydrogen-bond donors (Lipinski definition) is 1. The standard InChI is InChI=1S/C24H30Cl3N3O5S/c1-15(2)12-28-24(32)16(3)29(13-17-6-7-18(25)10-20(17)27)23(31)14-30(36(5,33)34)21-11-19(26)8-9-22(21)35-4/h6-11,15-16H,12-14H2,1-5H3,(H,28,32)/t16-/m0/s1. The SMILES string of the molecule is COc1ccc(Cl)cc1N(CC(=O)N(Cc1ccc(Cl)cc1Cl)[C@@H](C)C(=O)NCC(C)C)S(C)(=O)=O. The Hall–Kier alpha value is -2.20. The van der Waals surface area contributed by atoms with E-state index in [1.165, 1.54) is 30.2 Å². The zero-order valence-corrected chi connectivity index (χ0v) is 23.8. The van der Waals surface area contributed by atoms with Crippen LogP contribution in [0.5, 0.6) is 5.75 Å². The van der Waals surface area contributed by atoms with Gasteiger partial charge in [0.1, 0.15) is 18.3 Å². The van der Waals surface area contributed by atoms with Gasteiger partial charge in [-0.15, -0.1) is 0 Å². The molecule has 0 aliphatic rings. The van der Waals surface area contributed by atoms with Crippen molar-refractivity contribution in [2.75, 3.05) is 30.8 Å². The van der Waals surface area contributed by atoms with E-state index in [-0.39, 0.29) is 34.8 Å². The molecule has 0 aliphatic carbocycles. The van der Waals surface area contributed by atoms with Gasteiger partial charge in [-0.3, -0.25) is 13.9 Å². The van der Waals surface area contributed by atoms with Crippen LogP contribution in [0.1, 0.15) is 26.3 Å². The zero-order chi connectivity index (χ0) is 27.2. The minimum atomic E-state index is -3.95. The van der Waals surface area contributed by atoms with Crippen LogP contribution in [0.25, 0.3) is 0 Å². The Morgan fingerprint density at radius 3 is 2.19 bits per heavy atom. The van der Waals surface area contributed by atoms with Crippen LogP contribution < -0.4 is 14.4 Å². The van der Waals surface area contributed by atoms with Crippen molar-refractivity contribution in [3.63, 3.8) is 0 Å². The quantitative estimate of drug-likeness (QED) is 0.420. The van der Waals surface area contributed by atoms with E-state index in [2.05, 4.69) is 5.32 Å². The van der Waals surface area contributed by atoms with Crippen LogP contribution >= 0.6 is 34.8 Å². The molecule has 2 aromatic carbocycles. The minimum Gasteiger partial charge on any atom is -0.495 e. The smallest absolute Gasteiger partial charge is 0.244 e. The van der Waals surface area contributed by atoms with Gasteiger partial charge in [0, 0.05) is 28.2 Å². The van der Waals surface area contributed by atoms with Crippen molar-refractivity contribution in [1.82, 2.24) is 10.2 Å². The number of carbonyl (C=O) groups is 2. The van der Waals surface area contributed by atoms with Crippen LogP contribution in [0.2, 0.25) is 15.1 Å². The van der Waals surface area contributed by atoms with Crippen molar-refractivity contribution in [1.29, 1.82) is 0 Å². The monoisotopic (exact) mass is 577 g/mol. The number of nitrogens with one attached hydrogen (secondary N) is 1. The molecule has 0 fully saturated rings. The average molecular weight is 579 g/mol. The number of carbonyl (C=O) groups excluding carboxylic acids is 2. The number of rotatable bonds is 11. The fourth-order valence-corrected chi connectivity index (χ4v) is 4.80. The number of sulfonamides is 1. The third kappa shape index (κ3) is 8.16. The van der Waals surface area contributed by atoms with Gasteiger partial charge in [-0.05, 0) is 48.7 Å². The number of benzene rings is 2. The first-order chi connectivity index (χ1) is 16.7. The average Bonchev–Trinajstić information content (AvgIpc) is 2.79. The fourth-order valence-electron chi connectivity index (χ4n) is 3.32. The summed E-state index contributed by atoms with van der Waals surface area (Å²) in [6.45, 7) is 5.25. The predicted molar refractivity (Wildman–Crippen MR) is 145 cm³/mol. The van der Waals surface area contributed by atoms with E-state index in [0.29, 0.717) is 22.2 Å². The van der Waals surface area contributed by atoms with Crippen LogP contribution in [0.15, 0.2) is 36.4 Å². The molecule has 36 heavy (non-hydrogen) atoms. The molecule has 0 unspecified atom stereocenters. The molecule has 0 saturated heterocycles. The first-order valence-electron chi connectivity index (χ1n) is 11.1. The number of methoxy groups -OCH3 is 1. The Balaban J connectivity index is 2.47. The second kappa shape index (κ2) is 12.9. The van der Waals surface area contributed by atoms with E-state index in [4.69, 9.17) is 39.5 Å². The van der Waals surface area contributed by atoms with Gasteiger partial charge in [-0.25, -0.2) is 8.42 Å². The number of anilines is 1. The summed E-state index contributed by atoms with van der Waals surface area (Å²) in [4.78, 5) is 27.8. The Kier molecular flexibility index (Phi) is 10.7. The van der Waals surface area contributed by atoms with Gasteiger partial charge in [-0.2, -0.15) is 0 Å². The Bertz CT molecular complexity index is 1210. The highest BCUT2D eigenvalue weighted by molar-refractivity contribution is 7.92. The first-order valence-corrected chi connectivity index (χ1v) is 14.0. The largest absolute Gasteiger partial charge is 0.495 e. The number of nitrogens with zero attached hydrogens (tertiary/aromatic N) is 2. The lowest BCUT2D eigenvalue weighted by molar-refractivity contribution is -0.139. The van der Waals surface area contributed by atoms with E-state index in [1.54, 1.807) is 25.1 Å². The van der Waals surface area contributed by atoms with E-state index in [0.717, 1.165) is 10.6 Å². The molecule has 0 bridgehead atoms. The maximum atomic E-state index is 13.6. The summed E-state index contributed by atoms with van der Waals surface area (Å²) in [6.07, 6.45) is 0.972. The normalized spacial score (nSPS) is 12.2. The third-order valence-electron chi connectivity index (χ3n) is 5.30. The minimum absolute atomic E-state index is 0.0462. The molecule has 1 atom stereocenters. The van der Waals surface area contributed by atoms with Crippen molar-refractivity contribution >= 4 is 62.3 Å². The first kappa shape index (κ1) is 30.0. The fraction of sp³-hybridized carbons (Fsp3) is 0.417. The van der Waals surface area contributed by atoms with E-state index < -0.39 is 28.5 Å². The van der Waals surface area contributed by atoms with Gasteiger partial charge >= 0.3 is 0 Å². The van der Waals surface area contributed by atoms with Crippen LogP contribution in [-0.4, -0.2) is 57.6 Å². The summed E-state index contributed by atoms with van der Waals surface area (Å²) in [7, 11) is -2.57. The molecule has 0 radical (unpaired) electrons. The molecule has 12 heteroatoms. The van der Waals surface area contributed by atoms with E-state index in [9.17, 15) is 18.0 Å². The van der Waals surface area contributed by atoms with E-state index >= 15 is 0 Å². The lowest BCUT2D eigenvalue weighted by atomic mass is 10.1. The summed E-state index contributed by atoms with van der Waals surface area (Å²) in [6, 6.07) is 8.33. The molecule has 2 rings (SSSR count). The van der Waals surface area contributed by atoms with Gasteiger partial charge in [0.25, 0.3) is 0 Å². The molecule has 0 saturated carbocycles. The molecule has 0 spiro atoms. The number of hydrogen-bond acceptors (Lipinski definition) is 5. The van der Waals surface area contributed by atoms with Crippen LogP contribution in [0, 0.1) is 5.92 Å². The lowest BCUT2D eigenvalue weighted by Crippen LogP contribution is -2.51. The summed E-state index contributed by atoms with van der Waals surface area (Å²) in [5.41, 5.74) is 0.645. The predicted octanol–water partition coefficient (Wildman–Crippen LogP) is 4.61. The van der Waals surface area contributed by atoms with Crippen molar-refractivity contribution in [2.45, 2.75) is 33.4 Å². The summed E-state index contributed by atoms with van der Waals surface area (Å²) < 4.78 is 31.7. The van der Waals surface area contributed by atoms with E-state index in [1.807, 2.05) is 13.8 Å². The molecule has 2 aromatic rings. The molecule has 198 valence electrons. The Labute approximate surface area is 227 Å². The highest BCUT2D eigenvalue weighted by Crippen LogP contribution is 2.33. The maximum absolute atomic E-state index is 13.6. The molecule has 2 amide bonds. The molecule has 1 N–H and O–H groups in total. The van der Waals surface area contributed by atoms with Gasteiger partial charge in [0.05, 0.1) is 19.1 Å². The zero-order valence-electron chi connectivity index (χ0n) is 20.7. The second-order valence-electron chi connectivity index (χ2n) is 8.66. The number of amides is 2. The van der Waals surface area contributed by atoms with Gasteiger partial charge < -0.3 is 15.0 Å². The van der Waals surface area contributed by atoms with Crippen LogP contribution in [0.3, 0.4) is 0 Å². The van der Waals surface area contributed by atoms with Gasteiger partial charge in [0.15, 0.2) is 0 Å². The van der Waals surface area contributed by atoms with Crippen molar-refractivity contribution in [3.05, 3.63) is 57.0 Å². The topological polar surface area (TPSA) is 96.0 Å². The highest BCUT2D eigenvalue weighted by Gasteiger charge is 2.31. The molecule has 0 aliphatic heterocycles.